The molecule has 0 N–H and O–H groups in total. The van der Waals surface area contributed by atoms with Crippen LogP contribution >= 0.6 is 0 Å². The molecule has 12 heavy (non-hydrogen) atoms. The lowest BCUT2D eigenvalue weighted by Gasteiger charge is -1.77. The van der Waals surface area contributed by atoms with Crippen molar-refractivity contribution in [2.24, 2.45) is 0 Å². The van der Waals surface area contributed by atoms with Gasteiger partial charge in [-0.15, -0.1) is 19.1 Å². The highest BCUT2D eigenvalue weighted by molar-refractivity contribution is 5.34. The van der Waals surface area contributed by atoms with Gasteiger partial charge in [0.15, 0.2) is 0 Å². The molecule has 0 heterocycles. The van der Waals surface area contributed by atoms with Gasteiger partial charge in [0.05, 0.1) is 0 Å². The summed E-state index contributed by atoms with van der Waals surface area (Å²) in [5.41, 5.74) is 0.870. The molecule has 0 aliphatic heterocycles. The normalized spacial score (nSPS) is 6.33. The summed E-state index contributed by atoms with van der Waals surface area (Å²) in [5, 5.41) is 0. The molecule has 0 saturated carbocycles. The fraction of sp³-hybridized carbons (Fsp3) is 0.333. The summed E-state index contributed by atoms with van der Waals surface area (Å²) in [6.45, 7) is 17.4. The predicted octanol–water partition coefficient (Wildman–Crippen LogP) is 3.97. The summed E-state index contributed by atoms with van der Waals surface area (Å²) in [7, 11) is 0. The third-order valence-corrected chi connectivity index (χ3v) is 0.653. The van der Waals surface area contributed by atoms with Crippen LogP contribution < -0.4 is 0 Å². The summed E-state index contributed by atoms with van der Waals surface area (Å²) in [6, 6.07) is 0. The minimum atomic E-state index is 0.870. The Balaban J connectivity index is -0.000000175. The number of hydrogen-bond donors (Lipinski definition) is 0. The van der Waals surface area contributed by atoms with Crippen molar-refractivity contribution >= 4 is 0 Å². The highest BCUT2D eigenvalue weighted by Crippen LogP contribution is 1.87. The molecule has 0 aromatic heterocycles. The fourth-order valence-corrected chi connectivity index (χ4v) is 0.403. The van der Waals surface area contributed by atoms with Gasteiger partial charge in [-0.05, 0) is 13.8 Å². The van der Waals surface area contributed by atoms with Gasteiger partial charge < -0.3 is 0 Å². The van der Waals surface area contributed by atoms with E-state index in [9.17, 15) is 0 Å². The maximum Gasteiger partial charge on any atom is 0.0169 e. The van der Waals surface area contributed by atoms with E-state index in [4.69, 9.17) is 0 Å². The maximum absolute atomic E-state index is 3.67. The van der Waals surface area contributed by atoms with E-state index in [-0.39, 0.29) is 0 Å². The highest BCUT2D eigenvalue weighted by atomic mass is 13.8. The summed E-state index contributed by atoms with van der Waals surface area (Å²) in [4.78, 5) is 0. The summed E-state index contributed by atoms with van der Waals surface area (Å²) in [6.07, 6.45) is 3.81. The third-order valence-electron chi connectivity index (χ3n) is 0.653. The molecular weight excluding hydrogens is 144 g/mol. The predicted molar refractivity (Wildman–Crippen MR) is 60.0 cm³/mol. The van der Waals surface area contributed by atoms with Gasteiger partial charge in [-0.2, -0.15) is 0 Å². The van der Waals surface area contributed by atoms with Crippen LogP contribution in [0.5, 0.6) is 0 Å². The third kappa shape index (κ3) is 23.3. The first kappa shape index (κ1) is 17.0. The second-order valence-corrected chi connectivity index (χ2v) is 1.40. The Morgan fingerprint density at radius 3 is 1.92 bits per heavy atom. The van der Waals surface area contributed by atoms with Crippen LogP contribution in [0, 0.1) is 11.8 Å². The molecular formula is C12H20. The van der Waals surface area contributed by atoms with Gasteiger partial charge in [0.2, 0.25) is 0 Å². The lowest BCUT2D eigenvalue weighted by atomic mass is 10.3. The highest BCUT2D eigenvalue weighted by Gasteiger charge is 1.71. The second-order valence-electron chi connectivity index (χ2n) is 1.40. The zero-order chi connectivity index (χ0) is 10.4. The van der Waals surface area contributed by atoms with Crippen molar-refractivity contribution in [2.45, 2.75) is 27.7 Å². The van der Waals surface area contributed by atoms with Crippen LogP contribution in [0.1, 0.15) is 27.7 Å². The molecule has 0 fully saturated rings. The molecule has 0 heteroatoms. The first-order valence-electron chi connectivity index (χ1n) is 4.05. The van der Waals surface area contributed by atoms with E-state index in [1.807, 2.05) is 32.9 Å². The van der Waals surface area contributed by atoms with Gasteiger partial charge in [-0.3, -0.25) is 0 Å². The van der Waals surface area contributed by atoms with Gasteiger partial charge in [-0.1, -0.05) is 38.5 Å². The minimum absolute atomic E-state index is 0.870. The summed E-state index contributed by atoms with van der Waals surface area (Å²) >= 11 is 0. The van der Waals surface area contributed by atoms with E-state index < -0.39 is 0 Å². The van der Waals surface area contributed by atoms with Crippen molar-refractivity contribution in [3.63, 3.8) is 0 Å². The Morgan fingerprint density at radius 2 is 1.67 bits per heavy atom. The van der Waals surface area contributed by atoms with Crippen molar-refractivity contribution in [2.75, 3.05) is 0 Å². The number of hydrogen-bond acceptors (Lipinski definition) is 0. The number of rotatable bonds is 1. The molecule has 0 aromatic carbocycles. The Bertz CT molecular complexity index is 162. The molecule has 0 bridgehead atoms. The average molecular weight is 164 g/mol. The molecule has 0 saturated heterocycles. The van der Waals surface area contributed by atoms with Crippen molar-refractivity contribution in [1.29, 1.82) is 0 Å². The van der Waals surface area contributed by atoms with Crippen LogP contribution in [0.15, 0.2) is 37.5 Å². The average Bonchev–Trinajstić information content (AvgIpc) is 2.12. The first-order valence-corrected chi connectivity index (χ1v) is 4.05. The van der Waals surface area contributed by atoms with Crippen LogP contribution in [-0.2, 0) is 0 Å². The molecule has 68 valence electrons. The molecule has 0 aromatic rings. The molecule has 0 aliphatic rings. The summed E-state index contributed by atoms with van der Waals surface area (Å²) < 4.78 is 0. The zero-order valence-electron chi connectivity index (χ0n) is 8.78. The lowest BCUT2D eigenvalue weighted by molar-refractivity contribution is 1.50. The Kier molecular flexibility index (Phi) is 32.0. The first-order chi connectivity index (χ1) is 5.81. The molecule has 0 radical (unpaired) electrons. The van der Waals surface area contributed by atoms with Crippen molar-refractivity contribution < 1.29 is 0 Å². The maximum atomic E-state index is 3.67. The second kappa shape index (κ2) is 22.6. The van der Waals surface area contributed by atoms with E-state index in [0.717, 1.165) is 5.57 Å². The van der Waals surface area contributed by atoms with Crippen LogP contribution in [0.25, 0.3) is 0 Å². The fourth-order valence-electron chi connectivity index (χ4n) is 0.403. The van der Waals surface area contributed by atoms with Gasteiger partial charge in [0, 0.05) is 5.57 Å². The zero-order valence-corrected chi connectivity index (χ0v) is 8.78. The molecule has 0 spiro atoms. The molecule has 0 aliphatic carbocycles. The van der Waals surface area contributed by atoms with E-state index in [1.54, 1.807) is 6.92 Å². The number of allylic oxidation sites excluding steroid dienone is 3. The topological polar surface area (TPSA) is 0 Å². The molecule has 0 nitrogen and oxygen atoms in total. The molecule has 0 atom stereocenters. The van der Waals surface area contributed by atoms with Crippen molar-refractivity contribution in [1.82, 2.24) is 0 Å². The van der Waals surface area contributed by atoms with Crippen molar-refractivity contribution in [3.8, 4) is 11.8 Å². The Labute approximate surface area is 77.7 Å². The SMILES string of the molecule is C=C.C=C(C#CC)/C=C\C.CC. The largest absolute Gasteiger partial charge is 0.106 e. The molecule has 0 unspecified atom stereocenters. The van der Waals surface area contributed by atoms with Crippen LogP contribution in [0.4, 0.5) is 0 Å². The smallest absolute Gasteiger partial charge is 0.0169 e. The Morgan fingerprint density at radius 1 is 1.25 bits per heavy atom. The summed E-state index contributed by atoms with van der Waals surface area (Å²) in [5.74, 6) is 5.57. The quantitative estimate of drug-likeness (QED) is 0.312. The molecule has 0 amide bonds. The van der Waals surface area contributed by atoms with Gasteiger partial charge >= 0.3 is 0 Å². The standard InChI is InChI=1S/C8H10.C2H6.C2H4/c1-4-6-8(3)7-5-2;2*1-2/h4,6H,3H2,1-2H3;1-2H3;1-2H2/b6-4-;;. The van der Waals surface area contributed by atoms with E-state index in [1.165, 1.54) is 0 Å². The van der Waals surface area contributed by atoms with Gasteiger partial charge in [0.25, 0.3) is 0 Å². The van der Waals surface area contributed by atoms with Crippen LogP contribution in [0.2, 0.25) is 0 Å². The van der Waals surface area contributed by atoms with Crippen molar-refractivity contribution in [3.05, 3.63) is 37.5 Å². The molecule has 0 rings (SSSR count). The van der Waals surface area contributed by atoms with E-state index in [0.29, 0.717) is 0 Å². The monoisotopic (exact) mass is 164 g/mol. The Hall–Kier alpha value is -1.22. The van der Waals surface area contributed by atoms with E-state index in [2.05, 4.69) is 31.6 Å². The van der Waals surface area contributed by atoms with Gasteiger partial charge in [-0.25, -0.2) is 0 Å². The lowest BCUT2D eigenvalue weighted by Crippen LogP contribution is -1.62. The van der Waals surface area contributed by atoms with Crippen LogP contribution in [0.3, 0.4) is 0 Å². The minimum Gasteiger partial charge on any atom is -0.106 e. The van der Waals surface area contributed by atoms with E-state index >= 15 is 0 Å². The van der Waals surface area contributed by atoms with Crippen LogP contribution in [-0.4, -0.2) is 0 Å². The van der Waals surface area contributed by atoms with Gasteiger partial charge in [0.1, 0.15) is 0 Å².